The second-order valence-corrected chi connectivity index (χ2v) is 1.65. The topological polar surface area (TPSA) is 54.4 Å². The molecule has 0 rings (SSSR count). The molecule has 0 fully saturated rings. The first-order chi connectivity index (χ1) is 1.73. The summed E-state index contributed by atoms with van der Waals surface area (Å²) in [4.78, 5) is 0. The molecule has 0 saturated carbocycles. The first kappa shape index (κ1) is 9.10. The molecule has 0 aromatic heterocycles. The molecule has 5 heavy (non-hydrogen) atoms. The van der Waals surface area contributed by atoms with Gasteiger partial charge in [-0.1, -0.05) is 0 Å². The molecular weight excluding hydrogens is 270 g/mol. The van der Waals surface area contributed by atoms with Crippen molar-refractivity contribution in [3.05, 3.63) is 0 Å². The molecule has 0 saturated heterocycles. The number of hydrogen-bond acceptors (Lipinski definition) is 2. The van der Waals surface area contributed by atoms with Gasteiger partial charge in [0.15, 0.2) is 0 Å². The van der Waals surface area contributed by atoms with Gasteiger partial charge in [-0.25, -0.2) is 0 Å². The van der Waals surface area contributed by atoms with E-state index in [4.69, 9.17) is 10.8 Å². The summed E-state index contributed by atoms with van der Waals surface area (Å²) >= 11 is -3.96. The molecule has 0 aliphatic heterocycles. The van der Waals surface area contributed by atoms with Gasteiger partial charge in [0.05, 0.1) is 0 Å². The monoisotopic (exact) mass is 272 g/mol. The van der Waals surface area contributed by atoms with Crippen molar-refractivity contribution in [3.63, 3.8) is 0 Å². The van der Waals surface area contributed by atoms with Crippen LogP contribution < -0.4 is 0 Å². The summed E-state index contributed by atoms with van der Waals surface area (Å²) in [5.74, 6) is 0. The Kier molecular flexibility index (Phi) is 8.21. The Balaban J connectivity index is 0. The fraction of sp³-hybridized carbons (Fsp3) is 0. The van der Waals surface area contributed by atoms with Gasteiger partial charge in [0.2, 0.25) is 0 Å². The minimum atomic E-state index is -3.96. The molecule has 0 spiro atoms. The van der Waals surface area contributed by atoms with Crippen molar-refractivity contribution in [2.75, 3.05) is 0 Å². The summed E-state index contributed by atoms with van der Waals surface area (Å²) in [6.07, 6.45) is 0. The second kappa shape index (κ2) is 4.51. The molecule has 0 atom stereocenters. The molecule has 0 amide bonds. The zero-order valence-corrected chi connectivity index (χ0v) is 5.58. The van der Waals surface area contributed by atoms with Crippen LogP contribution in [0.3, 0.4) is 0 Å². The molecule has 0 aromatic carbocycles. The quantitative estimate of drug-likeness (QED) is 0.654. The van der Waals surface area contributed by atoms with Crippen LogP contribution in [0.1, 0.15) is 0 Å². The van der Waals surface area contributed by atoms with E-state index in [1.54, 1.807) is 0 Å². The van der Waals surface area contributed by atoms with Crippen LogP contribution in [0.25, 0.3) is 0 Å². The summed E-state index contributed by atoms with van der Waals surface area (Å²) in [5.41, 5.74) is 0. The van der Waals surface area contributed by atoms with E-state index in [1.807, 2.05) is 0 Å². The first-order valence-corrected chi connectivity index (χ1v) is 3.91. The van der Waals surface area contributed by atoms with Crippen molar-refractivity contribution >= 4 is 12.4 Å². The van der Waals surface area contributed by atoms with Gasteiger partial charge < -0.3 is 0 Å². The van der Waals surface area contributed by atoms with Crippen LogP contribution in [0.2, 0.25) is 0 Å². The normalized spacial score (nSPS) is 6.80. The Morgan fingerprint density at radius 3 is 1.40 bits per heavy atom. The predicted molar refractivity (Wildman–Crippen MR) is 10.8 cm³/mol. The van der Waals surface area contributed by atoms with Gasteiger partial charge in [-0.3, -0.25) is 0 Å². The molecule has 1 N–H and O–H groups in total. The zero-order valence-electron chi connectivity index (χ0n) is 2.05. The fourth-order valence-electron chi connectivity index (χ4n) is 0. The van der Waals surface area contributed by atoms with Gasteiger partial charge in [0, 0.05) is 0 Å². The third kappa shape index (κ3) is 109. The average Bonchev–Trinajstić information content (AvgIpc) is 0.811. The average molecular weight is 272 g/mol. The van der Waals surface area contributed by atoms with Gasteiger partial charge in [-0.15, -0.1) is 12.4 Å². The maximum atomic E-state index is 8.71. The van der Waals surface area contributed by atoms with Crippen molar-refractivity contribution in [2.24, 2.45) is 0 Å². The number of rotatable bonds is 0. The van der Waals surface area contributed by atoms with Crippen LogP contribution in [0.5, 0.6) is 0 Å². The molecule has 3 nitrogen and oxygen atoms in total. The van der Waals surface area contributed by atoms with E-state index in [2.05, 4.69) is 0 Å². The van der Waals surface area contributed by atoms with Crippen LogP contribution in [0, 0.1) is 0 Å². The molecule has 0 radical (unpaired) electrons. The standard InChI is InChI=1S/ClH.H2O.2O.Re/h1H;1H2;;;/q;;;;+1/p-1. The van der Waals surface area contributed by atoms with E-state index in [0.29, 0.717) is 0 Å². The molecule has 0 heterocycles. The third-order valence-electron chi connectivity index (χ3n) is 0. The van der Waals surface area contributed by atoms with E-state index in [9.17, 15) is 0 Å². The van der Waals surface area contributed by atoms with Crippen molar-refractivity contribution in [1.82, 2.24) is 0 Å². The van der Waals surface area contributed by atoms with E-state index in [0.717, 1.165) is 0 Å². The second-order valence-electron chi connectivity index (χ2n) is 0.201. The van der Waals surface area contributed by atoms with Crippen LogP contribution in [0.15, 0.2) is 0 Å². The van der Waals surface area contributed by atoms with E-state index in [1.165, 1.54) is 0 Å². The Morgan fingerprint density at radius 2 is 1.40 bits per heavy atom. The van der Waals surface area contributed by atoms with Crippen molar-refractivity contribution in [3.8, 4) is 0 Å². The molecule has 0 aliphatic carbocycles. The summed E-state index contributed by atoms with van der Waals surface area (Å²) in [5, 5.41) is 0. The Labute approximate surface area is 40.7 Å². The van der Waals surface area contributed by atoms with Crippen LogP contribution >= 0.6 is 12.4 Å². The fourth-order valence-corrected chi connectivity index (χ4v) is 0. The minimum absolute atomic E-state index is 0. The van der Waals surface area contributed by atoms with Crippen molar-refractivity contribution in [2.45, 2.75) is 0 Å². The van der Waals surface area contributed by atoms with Gasteiger partial charge in [-0.2, -0.15) is 0 Å². The summed E-state index contributed by atoms with van der Waals surface area (Å²) in [6, 6.07) is 0. The summed E-state index contributed by atoms with van der Waals surface area (Å²) < 4.78 is 24.6. The molecule has 0 aliphatic rings. The van der Waals surface area contributed by atoms with E-state index >= 15 is 0 Å². The van der Waals surface area contributed by atoms with Crippen molar-refractivity contribution in [1.29, 1.82) is 0 Å². The van der Waals surface area contributed by atoms with Crippen LogP contribution in [-0.2, 0) is 24.0 Å². The Morgan fingerprint density at radius 1 is 1.40 bits per heavy atom. The van der Waals surface area contributed by atoms with Gasteiger partial charge in [-0.05, 0) is 0 Å². The molecule has 34 valence electrons. The summed E-state index contributed by atoms with van der Waals surface area (Å²) in [6.45, 7) is 0. The zero-order chi connectivity index (χ0) is 3.58. The van der Waals surface area contributed by atoms with Gasteiger partial charge >= 0.3 is 27.8 Å². The van der Waals surface area contributed by atoms with Crippen LogP contribution in [0.4, 0.5) is 0 Å². The molecular formula is H2ClO3Re. The number of halogens is 1. The van der Waals surface area contributed by atoms with Gasteiger partial charge in [0.25, 0.3) is 0 Å². The SMILES string of the molecule is Cl.[O]=[Re](=[O])[OH]. The third-order valence-corrected chi connectivity index (χ3v) is 0. The molecule has 0 aromatic rings. The predicted octanol–water partition coefficient (Wildman–Crippen LogP) is -0.375. The van der Waals surface area contributed by atoms with E-state index in [-0.39, 0.29) is 12.4 Å². The Hall–Kier alpha value is 0.512. The maximum absolute atomic E-state index is 8.71. The Bertz CT molecular complexity index is 55.3. The molecule has 0 unspecified atom stereocenters. The van der Waals surface area contributed by atoms with Gasteiger partial charge in [0.1, 0.15) is 0 Å². The number of hydrogen-bond donors (Lipinski definition) is 1. The van der Waals surface area contributed by atoms with E-state index < -0.39 is 17.0 Å². The molecule has 0 bridgehead atoms. The first-order valence-electron chi connectivity index (χ1n) is 0.478. The van der Waals surface area contributed by atoms with Crippen molar-refractivity contribution < 1.29 is 27.8 Å². The molecule has 5 heteroatoms. The van der Waals surface area contributed by atoms with Crippen LogP contribution in [-0.4, -0.2) is 3.83 Å². The summed E-state index contributed by atoms with van der Waals surface area (Å²) in [7, 11) is 0.